The van der Waals surface area contributed by atoms with E-state index in [1.165, 1.54) is 0 Å². The molecule has 0 bridgehead atoms. The highest BCUT2D eigenvalue weighted by molar-refractivity contribution is 5.61. The van der Waals surface area contributed by atoms with E-state index in [-0.39, 0.29) is 0 Å². The summed E-state index contributed by atoms with van der Waals surface area (Å²) >= 11 is 0. The summed E-state index contributed by atoms with van der Waals surface area (Å²) in [6, 6.07) is 7.46. The second-order valence-corrected chi connectivity index (χ2v) is 5.23. The van der Waals surface area contributed by atoms with Crippen LogP contribution in [0.3, 0.4) is 0 Å². The van der Waals surface area contributed by atoms with E-state index >= 15 is 0 Å². The Kier molecular flexibility index (Phi) is 5.56. The van der Waals surface area contributed by atoms with E-state index in [0.29, 0.717) is 22.6 Å². The molecule has 0 fully saturated rings. The zero-order valence-electron chi connectivity index (χ0n) is 13.9. The molecule has 0 saturated carbocycles. The van der Waals surface area contributed by atoms with Crippen molar-refractivity contribution in [2.75, 3.05) is 0 Å². The number of fused-ring (bicyclic) bond motifs is 1. The van der Waals surface area contributed by atoms with Crippen molar-refractivity contribution in [3.63, 3.8) is 0 Å². The van der Waals surface area contributed by atoms with Crippen LogP contribution >= 0.6 is 0 Å². The van der Waals surface area contributed by atoms with Crippen molar-refractivity contribution in [2.24, 2.45) is 0 Å². The highest BCUT2D eigenvalue weighted by Gasteiger charge is 2.44. The molecule has 0 saturated heterocycles. The first kappa shape index (κ1) is 17.5. The predicted octanol–water partition coefficient (Wildman–Crippen LogP) is 5.14. The molecule has 122 valence electrons. The van der Waals surface area contributed by atoms with E-state index < -0.39 is 5.60 Å². The van der Waals surface area contributed by atoms with E-state index in [9.17, 15) is 5.11 Å². The number of allylic oxidation sites excluding steroid dienone is 7. The Morgan fingerprint density at radius 3 is 2.42 bits per heavy atom. The Morgan fingerprint density at radius 2 is 1.79 bits per heavy atom. The van der Waals surface area contributed by atoms with E-state index in [4.69, 9.17) is 4.74 Å². The van der Waals surface area contributed by atoms with Gasteiger partial charge in [0.25, 0.3) is 0 Å². The van der Waals surface area contributed by atoms with Gasteiger partial charge in [-0.25, -0.2) is 0 Å². The Bertz CT molecular complexity index is 775. The summed E-state index contributed by atoms with van der Waals surface area (Å²) in [5.41, 5.74) is 0.659. The van der Waals surface area contributed by atoms with Gasteiger partial charge in [0.2, 0.25) is 0 Å². The van der Waals surface area contributed by atoms with Crippen LogP contribution in [0, 0.1) is 0 Å². The van der Waals surface area contributed by atoms with Gasteiger partial charge in [-0.1, -0.05) is 80.5 Å². The Labute approximate surface area is 143 Å². The van der Waals surface area contributed by atoms with Crippen molar-refractivity contribution in [1.29, 1.82) is 0 Å². The molecule has 1 atom stereocenters. The fourth-order valence-electron chi connectivity index (χ4n) is 2.81. The van der Waals surface area contributed by atoms with Gasteiger partial charge in [0.15, 0.2) is 0 Å². The van der Waals surface area contributed by atoms with Gasteiger partial charge in [-0.2, -0.15) is 0 Å². The molecule has 0 amide bonds. The molecule has 0 spiro atoms. The highest BCUT2D eigenvalue weighted by Crippen LogP contribution is 2.49. The van der Waals surface area contributed by atoms with Gasteiger partial charge in [-0.15, -0.1) is 0 Å². The Balaban J connectivity index is 2.84. The quantitative estimate of drug-likeness (QED) is 0.762. The van der Waals surface area contributed by atoms with E-state index in [1.54, 1.807) is 36.5 Å². The van der Waals surface area contributed by atoms with Crippen LogP contribution in [-0.4, -0.2) is 5.11 Å². The number of benzene rings is 1. The fourth-order valence-corrected chi connectivity index (χ4v) is 2.81. The molecule has 2 rings (SSSR count). The summed E-state index contributed by atoms with van der Waals surface area (Å²) in [6.45, 7) is 13.1. The van der Waals surface area contributed by atoms with Crippen LogP contribution in [0.4, 0.5) is 0 Å². The minimum absolute atomic E-state index is 0.539. The molecule has 0 radical (unpaired) electrons. The molecule has 1 aliphatic rings. The maximum atomic E-state index is 11.8. The van der Waals surface area contributed by atoms with Gasteiger partial charge in [0, 0.05) is 11.1 Å². The largest absolute Gasteiger partial charge is 0.457 e. The van der Waals surface area contributed by atoms with E-state index in [0.717, 1.165) is 5.57 Å². The third-order valence-corrected chi connectivity index (χ3v) is 3.85. The Morgan fingerprint density at radius 1 is 1.08 bits per heavy atom. The molecule has 2 heteroatoms. The maximum absolute atomic E-state index is 11.8. The molecular formula is C22H22O2. The second kappa shape index (κ2) is 7.62. The number of rotatable bonds is 5. The monoisotopic (exact) mass is 318 g/mol. The van der Waals surface area contributed by atoms with Crippen molar-refractivity contribution >= 4 is 0 Å². The van der Waals surface area contributed by atoms with Gasteiger partial charge in [0.05, 0.1) is 0 Å². The van der Waals surface area contributed by atoms with Gasteiger partial charge in [-0.05, 0) is 24.6 Å². The average Bonchev–Trinajstić information content (AvgIpc) is 2.59. The lowest BCUT2D eigenvalue weighted by molar-refractivity contribution is 0.103. The number of hydrogen-bond acceptors (Lipinski definition) is 2. The predicted molar refractivity (Wildman–Crippen MR) is 101 cm³/mol. The highest BCUT2D eigenvalue weighted by atomic mass is 16.5. The van der Waals surface area contributed by atoms with Gasteiger partial charge in [0.1, 0.15) is 17.1 Å². The summed E-state index contributed by atoms with van der Waals surface area (Å²) < 4.78 is 5.97. The molecule has 1 aromatic rings. The molecule has 2 nitrogen and oxygen atoms in total. The van der Waals surface area contributed by atoms with Crippen LogP contribution in [0.5, 0.6) is 5.75 Å². The lowest BCUT2D eigenvalue weighted by atomic mass is 9.76. The molecule has 1 aromatic carbocycles. The normalized spacial score (nSPS) is 23.8. The molecule has 1 N–H and O–H groups in total. The van der Waals surface area contributed by atoms with Crippen molar-refractivity contribution in [3.05, 3.63) is 115 Å². The van der Waals surface area contributed by atoms with Crippen molar-refractivity contribution < 1.29 is 9.84 Å². The summed E-state index contributed by atoms with van der Waals surface area (Å²) in [6.07, 6.45) is 14.0. The van der Waals surface area contributed by atoms with Crippen LogP contribution in [0.25, 0.3) is 0 Å². The second-order valence-electron chi connectivity index (χ2n) is 5.23. The lowest BCUT2D eigenvalue weighted by Crippen LogP contribution is -2.36. The van der Waals surface area contributed by atoms with Crippen LogP contribution in [0.2, 0.25) is 0 Å². The fraction of sp³-hybridized carbons (Fsp3) is 0.0909. The molecular weight excluding hydrogens is 296 g/mol. The van der Waals surface area contributed by atoms with E-state index in [1.807, 2.05) is 43.3 Å². The zero-order valence-corrected chi connectivity index (χ0v) is 13.9. The first-order valence-electron chi connectivity index (χ1n) is 7.75. The zero-order chi connectivity index (χ0) is 17.6. The smallest absolute Gasteiger partial charge is 0.147 e. The number of ether oxygens (including phenoxy) is 1. The summed E-state index contributed by atoms with van der Waals surface area (Å²) in [5, 5.41) is 11.8. The molecule has 24 heavy (non-hydrogen) atoms. The van der Waals surface area contributed by atoms with Crippen molar-refractivity contribution in [3.8, 4) is 5.75 Å². The maximum Gasteiger partial charge on any atom is 0.147 e. The summed E-state index contributed by atoms with van der Waals surface area (Å²) in [7, 11) is 0. The standard InChI is InChI=1S/C22H22O2/c1-5-9-14-17(8-4)22(23)18(12-6-2)20(13-7-3)24-21-16-11-10-15-19(21)22/h5-16,23H,1-3H2,4H3/b14-9-,17-8+,18-12+,20-13+. The minimum atomic E-state index is -1.36. The molecule has 1 unspecified atom stereocenters. The number of hydrogen-bond donors (Lipinski definition) is 1. The van der Waals surface area contributed by atoms with Crippen molar-refractivity contribution in [1.82, 2.24) is 0 Å². The van der Waals surface area contributed by atoms with Gasteiger partial charge < -0.3 is 9.84 Å². The van der Waals surface area contributed by atoms with Crippen LogP contribution in [0.1, 0.15) is 12.5 Å². The van der Waals surface area contributed by atoms with Gasteiger partial charge >= 0.3 is 0 Å². The van der Waals surface area contributed by atoms with Crippen LogP contribution in [-0.2, 0) is 5.60 Å². The number of aliphatic hydroxyl groups is 1. The molecule has 1 aliphatic heterocycles. The van der Waals surface area contributed by atoms with Crippen LogP contribution < -0.4 is 4.74 Å². The van der Waals surface area contributed by atoms with Crippen LogP contribution in [0.15, 0.2) is 110 Å². The topological polar surface area (TPSA) is 29.5 Å². The minimum Gasteiger partial charge on any atom is -0.457 e. The first-order chi connectivity index (χ1) is 11.6. The summed E-state index contributed by atoms with van der Waals surface area (Å²) in [5.74, 6) is 1.15. The molecule has 0 aliphatic carbocycles. The van der Waals surface area contributed by atoms with Gasteiger partial charge in [-0.3, -0.25) is 0 Å². The first-order valence-corrected chi connectivity index (χ1v) is 7.75. The Hall–Kier alpha value is -2.84. The third kappa shape index (κ3) is 2.97. The average molecular weight is 318 g/mol. The SMILES string of the molecule is C=C/C=C\C(=C/C)C1(O)C(=C/C=C)/C(=C\C=C)Oc2ccccc21. The molecule has 1 heterocycles. The molecule has 0 aromatic heterocycles. The van der Waals surface area contributed by atoms with E-state index in [2.05, 4.69) is 19.7 Å². The van der Waals surface area contributed by atoms with Crippen molar-refractivity contribution in [2.45, 2.75) is 12.5 Å². The summed E-state index contributed by atoms with van der Waals surface area (Å²) in [4.78, 5) is 0. The third-order valence-electron chi connectivity index (χ3n) is 3.85. The lowest BCUT2D eigenvalue weighted by Gasteiger charge is -2.38. The number of para-hydroxylation sites is 1.